The highest BCUT2D eigenvalue weighted by Gasteiger charge is 2.54. The SMILES string of the molecule is CC(=O)OCOC(=O)CN(CC(=O)OCOC(C)=O)Cc1cc2c(cc1OC(C)=O)Oc1cc(OC(C)=O)c(CN(CC(=O)OCOC(C)=O)CC(=O)OCOC(C)=O)cc1C21OC(=O)c2ccccc21. The smallest absolute Gasteiger partial charge is 0.340 e. The zero-order valence-corrected chi connectivity index (χ0v) is 39.0. The van der Waals surface area contributed by atoms with Gasteiger partial charge in [-0.2, -0.15) is 0 Å². The molecule has 0 bridgehead atoms. The van der Waals surface area contributed by atoms with E-state index in [-0.39, 0.29) is 56.4 Å². The predicted octanol–water partition coefficient (Wildman–Crippen LogP) is 1.96. The van der Waals surface area contributed by atoms with Crippen molar-refractivity contribution in [1.82, 2.24) is 9.80 Å². The lowest BCUT2D eigenvalue weighted by molar-refractivity contribution is -0.171. The number of nitrogens with zero attached hydrogens (tertiary/aromatic N) is 2. The zero-order valence-electron chi connectivity index (χ0n) is 39.0. The van der Waals surface area contributed by atoms with Crippen LogP contribution < -0.4 is 14.2 Å². The number of esters is 11. The molecule has 0 fully saturated rings. The Balaban J connectivity index is 1.67. The molecule has 2 heterocycles. The van der Waals surface area contributed by atoms with E-state index < -0.39 is 138 Å². The highest BCUT2D eigenvalue weighted by Crippen LogP contribution is 2.58. The third-order valence-electron chi connectivity index (χ3n) is 9.71. The summed E-state index contributed by atoms with van der Waals surface area (Å²) in [6.45, 7) is -0.0518. The first-order chi connectivity index (χ1) is 33.6. The van der Waals surface area contributed by atoms with Gasteiger partial charge in [0, 0.05) is 94.6 Å². The Morgan fingerprint density at radius 1 is 0.465 bits per heavy atom. The summed E-state index contributed by atoms with van der Waals surface area (Å²) in [5, 5.41) is 0. The maximum absolute atomic E-state index is 14.0. The Kier molecular flexibility index (Phi) is 18.2. The monoisotopic (exact) mass is 994 g/mol. The van der Waals surface area contributed by atoms with E-state index >= 15 is 0 Å². The van der Waals surface area contributed by atoms with Crippen molar-refractivity contribution in [3.8, 4) is 23.0 Å². The van der Waals surface area contributed by atoms with E-state index in [1.807, 2.05) is 0 Å². The van der Waals surface area contributed by atoms with Crippen LogP contribution in [0.5, 0.6) is 23.0 Å². The fourth-order valence-electron chi connectivity index (χ4n) is 7.00. The van der Waals surface area contributed by atoms with Crippen molar-refractivity contribution in [1.29, 1.82) is 0 Å². The molecule has 0 amide bonds. The molecule has 3 aromatic rings. The second kappa shape index (κ2) is 24.2. The predicted molar refractivity (Wildman–Crippen MR) is 229 cm³/mol. The van der Waals surface area contributed by atoms with Gasteiger partial charge in [0.1, 0.15) is 23.0 Å². The molecule has 2 aliphatic rings. The maximum atomic E-state index is 14.0. The second-order valence-corrected chi connectivity index (χ2v) is 15.2. The van der Waals surface area contributed by atoms with Crippen LogP contribution in [0.1, 0.15) is 79.7 Å². The molecule has 2 aliphatic heterocycles. The van der Waals surface area contributed by atoms with Crippen molar-refractivity contribution in [2.75, 3.05) is 53.4 Å². The van der Waals surface area contributed by atoms with E-state index in [0.29, 0.717) is 0 Å². The van der Waals surface area contributed by atoms with Gasteiger partial charge in [-0.1, -0.05) is 18.2 Å². The topological polar surface area (TPSA) is 305 Å². The van der Waals surface area contributed by atoms with Gasteiger partial charge in [-0.25, -0.2) is 4.79 Å². The number of benzene rings is 3. The first-order valence-electron chi connectivity index (χ1n) is 21.0. The van der Waals surface area contributed by atoms with Gasteiger partial charge >= 0.3 is 65.7 Å². The molecule has 0 aromatic heterocycles. The van der Waals surface area contributed by atoms with Crippen molar-refractivity contribution in [3.63, 3.8) is 0 Å². The van der Waals surface area contributed by atoms with Crippen LogP contribution in [0.25, 0.3) is 0 Å². The fourth-order valence-corrected chi connectivity index (χ4v) is 7.00. The van der Waals surface area contributed by atoms with Gasteiger partial charge in [-0.15, -0.1) is 0 Å². The normalized spacial score (nSPS) is 12.4. The fraction of sp³-hybridized carbons (Fsp3) is 0.370. The Hall–Kier alpha value is -8.45. The van der Waals surface area contributed by atoms with Crippen LogP contribution in [0, 0.1) is 0 Å². The van der Waals surface area contributed by atoms with E-state index in [1.165, 1.54) is 40.1 Å². The number of hydrogen-bond donors (Lipinski definition) is 0. The highest BCUT2D eigenvalue weighted by molar-refractivity contribution is 5.97. The molecule has 0 N–H and O–H groups in total. The molecule has 25 heteroatoms. The average molecular weight is 995 g/mol. The third kappa shape index (κ3) is 14.8. The number of ether oxygens (including phenoxy) is 12. The van der Waals surface area contributed by atoms with E-state index in [0.717, 1.165) is 41.5 Å². The second-order valence-electron chi connectivity index (χ2n) is 15.2. The molecule has 0 radical (unpaired) electrons. The number of rotatable bonds is 22. The molecule has 25 nitrogen and oxygen atoms in total. The minimum absolute atomic E-state index is 0.0654. The van der Waals surface area contributed by atoms with E-state index in [9.17, 15) is 52.7 Å². The lowest BCUT2D eigenvalue weighted by atomic mass is 9.76. The molecule has 1 spiro atoms. The first-order valence-corrected chi connectivity index (χ1v) is 21.0. The number of carbonyl (C=O) groups is 11. The van der Waals surface area contributed by atoms with Gasteiger partial charge in [-0.05, 0) is 18.2 Å². The number of carbonyl (C=O) groups excluding carboxylic acids is 11. The zero-order chi connectivity index (χ0) is 52.0. The summed E-state index contributed by atoms with van der Waals surface area (Å²) < 4.78 is 62.8. The number of fused-ring (bicyclic) bond motifs is 6. The quantitative estimate of drug-likeness (QED) is 0.0601. The van der Waals surface area contributed by atoms with Gasteiger partial charge < -0.3 is 56.8 Å². The third-order valence-corrected chi connectivity index (χ3v) is 9.71. The maximum Gasteiger partial charge on any atom is 0.340 e. The molecule has 0 atom stereocenters. The van der Waals surface area contributed by atoms with Crippen molar-refractivity contribution < 1.29 is 110 Å². The summed E-state index contributed by atoms with van der Waals surface area (Å²) in [4.78, 5) is 139. The van der Waals surface area contributed by atoms with Crippen molar-refractivity contribution >= 4 is 65.7 Å². The van der Waals surface area contributed by atoms with Crippen LogP contribution in [-0.4, -0.2) is 129 Å². The average Bonchev–Trinajstić information content (AvgIpc) is 3.55. The molecule has 3 aromatic carbocycles. The lowest BCUT2D eigenvalue weighted by Crippen LogP contribution is -2.37. The molecule has 378 valence electrons. The molecule has 0 saturated heterocycles. The molecular formula is C46H46N2O23. The summed E-state index contributed by atoms with van der Waals surface area (Å²) in [6, 6.07) is 11.7. The molecule has 0 aliphatic carbocycles. The highest BCUT2D eigenvalue weighted by atomic mass is 16.7. The lowest BCUT2D eigenvalue weighted by Gasteiger charge is -2.38. The van der Waals surface area contributed by atoms with E-state index in [2.05, 4.69) is 0 Å². The molecule has 71 heavy (non-hydrogen) atoms. The summed E-state index contributed by atoms with van der Waals surface area (Å²) in [5.74, 6) is -9.88. The Bertz CT molecular complexity index is 2410. The first kappa shape index (κ1) is 53.5. The van der Waals surface area contributed by atoms with Crippen LogP contribution in [0.4, 0.5) is 0 Å². The standard InChI is InChI=1S/C46H46N2O23/c1-25(49)60-21-64-41(55)17-47(18-42(56)65-22-61-26(2)50)15-31-11-35-39(13-37(31)68-29(5)53)70-40-14-38(69-30(6)54)32(12-36(40)46(35)34-10-8-7-9-33(34)45(59)71-46)16-48(19-43(57)66-23-62-27(3)51)20-44(58)67-24-63-28(4)52/h7-14H,15-24H2,1-6H3. The van der Waals surface area contributed by atoms with E-state index in [1.54, 1.807) is 18.2 Å². The Morgan fingerprint density at radius 2 is 0.817 bits per heavy atom. The van der Waals surface area contributed by atoms with Crippen molar-refractivity contribution in [2.45, 2.75) is 60.2 Å². The van der Waals surface area contributed by atoms with Crippen LogP contribution in [0.3, 0.4) is 0 Å². The summed E-state index contributed by atoms with van der Waals surface area (Å²) >= 11 is 0. The van der Waals surface area contributed by atoms with Gasteiger partial charge in [-0.3, -0.25) is 57.7 Å². The van der Waals surface area contributed by atoms with Gasteiger partial charge in [0.2, 0.25) is 27.2 Å². The van der Waals surface area contributed by atoms with E-state index in [4.69, 9.17) is 56.8 Å². The minimum Gasteiger partial charge on any atom is -0.456 e. The van der Waals surface area contributed by atoms with Crippen LogP contribution in [0.15, 0.2) is 48.5 Å². The van der Waals surface area contributed by atoms with Crippen LogP contribution in [0.2, 0.25) is 0 Å². The summed E-state index contributed by atoms with van der Waals surface area (Å²) in [6.07, 6.45) is 0. The van der Waals surface area contributed by atoms with Crippen LogP contribution in [-0.2, 0) is 109 Å². The molecular weight excluding hydrogens is 948 g/mol. The summed E-state index contributed by atoms with van der Waals surface area (Å²) in [7, 11) is 0. The summed E-state index contributed by atoms with van der Waals surface area (Å²) in [5.41, 5.74) is -1.26. The largest absolute Gasteiger partial charge is 0.456 e. The van der Waals surface area contributed by atoms with Gasteiger partial charge in [0.05, 0.1) is 31.7 Å². The van der Waals surface area contributed by atoms with Crippen LogP contribution >= 0.6 is 0 Å². The minimum atomic E-state index is -1.96. The molecule has 0 saturated carbocycles. The van der Waals surface area contributed by atoms with Crippen molar-refractivity contribution in [3.05, 3.63) is 81.9 Å². The Morgan fingerprint density at radius 3 is 1.15 bits per heavy atom. The van der Waals surface area contributed by atoms with Crippen molar-refractivity contribution in [2.24, 2.45) is 0 Å². The van der Waals surface area contributed by atoms with Gasteiger partial charge in [0.25, 0.3) is 0 Å². The Labute approximate surface area is 402 Å². The van der Waals surface area contributed by atoms with Gasteiger partial charge in [0.15, 0.2) is 5.60 Å². The molecule has 5 rings (SSSR count). The number of hydrogen-bond acceptors (Lipinski definition) is 25. The molecule has 0 unspecified atom stereocenters.